The van der Waals surface area contributed by atoms with Crippen molar-refractivity contribution >= 4 is 5.91 Å². The van der Waals surface area contributed by atoms with Crippen LogP contribution in [0.4, 0.5) is 0 Å². The molecule has 0 radical (unpaired) electrons. The Labute approximate surface area is 104 Å². The van der Waals surface area contributed by atoms with Crippen LogP contribution in [0.25, 0.3) is 0 Å². The maximum atomic E-state index is 11.6. The summed E-state index contributed by atoms with van der Waals surface area (Å²) >= 11 is 0. The van der Waals surface area contributed by atoms with Crippen molar-refractivity contribution in [3.8, 4) is 0 Å². The predicted molar refractivity (Wildman–Crippen MR) is 68.1 cm³/mol. The Hall–Kier alpha value is -0.650. The highest BCUT2D eigenvalue weighted by Crippen LogP contribution is 2.00. The number of amides is 1. The van der Waals surface area contributed by atoms with E-state index in [9.17, 15) is 4.79 Å². The molecule has 1 rings (SSSR count). The van der Waals surface area contributed by atoms with E-state index in [2.05, 4.69) is 22.0 Å². The fraction of sp³-hybridized carbons (Fsp3) is 0.917. The quantitative estimate of drug-likeness (QED) is 0.628. The van der Waals surface area contributed by atoms with Crippen LogP contribution in [0, 0.1) is 0 Å². The maximum Gasteiger partial charge on any atom is 0.234 e. The van der Waals surface area contributed by atoms with Gasteiger partial charge in [0.15, 0.2) is 0 Å². The van der Waals surface area contributed by atoms with Crippen molar-refractivity contribution < 1.29 is 9.53 Å². The van der Waals surface area contributed by atoms with Gasteiger partial charge in [-0.2, -0.15) is 0 Å². The molecule has 0 atom stereocenters. The highest BCUT2D eigenvalue weighted by molar-refractivity contribution is 5.77. The van der Waals surface area contributed by atoms with Gasteiger partial charge in [0, 0.05) is 39.3 Å². The Balaban J connectivity index is 2.06. The first-order valence-corrected chi connectivity index (χ1v) is 6.55. The molecule has 5 heteroatoms. The molecular formula is C12H25N3O2. The third-order valence-electron chi connectivity index (χ3n) is 3.05. The summed E-state index contributed by atoms with van der Waals surface area (Å²) in [6, 6.07) is 0. The molecule has 0 spiro atoms. The Morgan fingerprint density at radius 2 is 1.82 bits per heavy atom. The zero-order valence-corrected chi connectivity index (χ0v) is 11.1. The molecule has 0 aromatic carbocycles. The fourth-order valence-electron chi connectivity index (χ4n) is 1.93. The molecule has 17 heavy (non-hydrogen) atoms. The molecule has 100 valence electrons. The first-order chi connectivity index (χ1) is 8.26. The molecule has 1 aliphatic heterocycles. The van der Waals surface area contributed by atoms with E-state index >= 15 is 0 Å². The van der Waals surface area contributed by atoms with E-state index in [1.54, 1.807) is 0 Å². The smallest absolute Gasteiger partial charge is 0.234 e. The van der Waals surface area contributed by atoms with E-state index in [0.717, 1.165) is 32.7 Å². The normalized spacial score (nSPS) is 18.2. The number of hydrogen-bond acceptors (Lipinski definition) is 4. The fourth-order valence-corrected chi connectivity index (χ4v) is 1.93. The van der Waals surface area contributed by atoms with Crippen LogP contribution in [-0.4, -0.2) is 74.7 Å². The lowest BCUT2D eigenvalue weighted by Crippen LogP contribution is -2.49. The number of carbonyl (C=O) groups is 1. The van der Waals surface area contributed by atoms with Crippen molar-refractivity contribution in [2.45, 2.75) is 13.8 Å². The van der Waals surface area contributed by atoms with Crippen LogP contribution < -0.4 is 5.32 Å². The van der Waals surface area contributed by atoms with Crippen molar-refractivity contribution in [1.82, 2.24) is 15.1 Å². The van der Waals surface area contributed by atoms with Gasteiger partial charge in [-0.15, -0.1) is 0 Å². The van der Waals surface area contributed by atoms with Crippen LogP contribution in [0.1, 0.15) is 13.8 Å². The van der Waals surface area contributed by atoms with Crippen molar-refractivity contribution in [1.29, 1.82) is 0 Å². The molecule has 0 bridgehead atoms. The Morgan fingerprint density at radius 1 is 1.18 bits per heavy atom. The van der Waals surface area contributed by atoms with E-state index in [1.807, 2.05) is 6.92 Å². The van der Waals surface area contributed by atoms with E-state index in [0.29, 0.717) is 26.3 Å². The molecule has 1 aliphatic rings. The summed E-state index contributed by atoms with van der Waals surface area (Å²) in [5, 5.41) is 2.87. The van der Waals surface area contributed by atoms with Gasteiger partial charge in [-0.1, -0.05) is 6.92 Å². The minimum absolute atomic E-state index is 0.106. The molecule has 1 amide bonds. The molecule has 1 saturated heterocycles. The lowest BCUT2D eigenvalue weighted by molar-refractivity contribution is -0.122. The van der Waals surface area contributed by atoms with Gasteiger partial charge in [-0.05, 0) is 13.5 Å². The number of hydrogen-bond donors (Lipinski definition) is 1. The third-order valence-corrected chi connectivity index (χ3v) is 3.05. The monoisotopic (exact) mass is 243 g/mol. The number of nitrogens with one attached hydrogen (secondary N) is 1. The van der Waals surface area contributed by atoms with Crippen molar-refractivity contribution in [2.24, 2.45) is 0 Å². The number of carbonyl (C=O) groups excluding carboxylic acids is 1. The number of rotatable bonds is 7. The largest absolute Gasteiger partial charge is 0.380 e. The Bertz CT molecular complexity index is 216. The van der Waals surface area contributed by atoms with Gasteiger partial charge >= 0.3 is 0 Å². The van der Waals surface area contributed by atoms with E-state index < -0.39 is 0 Å². The first-order valence-electron chi connectivity index (χ1n) is 6.55. The van der Waals surface area contributed by atoms with Crippen LogP contribution in [-0.2, 0) is 9.53 Å². The first kappa shape index (κ1) is 14.4. The molecule has 0 aromatic rings. The molecule has 1 N–H and O–H groups in total. The number of piperazine rings is 1. The SMILES string of the molecule is CCOCCNC(=O)CN1CCN(CC)CC1. The second-order valence-corrected chi connectivity index (χ2v) is 4.26. The Kier molecular flexibility index (Phi) is 7.16. The van der Waals surface area contributed by atoms with E-state index in [1.165, 1.54) is 0 Å². The molecule has 0 aliphatic carbocycles. The van der Waals surface area contributed by atoms with Gasteiger partial charge in [0.1, 0.15) is 0 Å². The van der Waals surface area contributed by atoms with Gasteiger partial charge in [0.25, 0.3) is 0 Å². The lowest BCUT2D eigenvalue weighted by atomic mass is 10.3. The van der Waals surface area contributed by atoms with Crippen LogP contribution in [0.5, 0.6) is 0 Å². The summed E-state index contributed by atoms with van der Waals surface area (Å²) in [5.41, 5.74) is 0. The van der Waals surface area contributed by atoms with Gasteiger partial charge in [-0.25, -0.2) is 0 Å². The summed E-state index contributed by atoms with van der Waals surface area (Å²) < 4.78 is 5.17. The summed E-state index contributed by atoms with van der Waals surface area (Å²) in [4.78, 5) is 16.2. The topological polar surface area (TPSA) is 44.8 Å². The van der Waals surface area contributed by atoms with Gasteiger partial charge < -0.3 is 15.0 Å². The zero-order chi connectivity index (χ0) is 12.5. The predicted octanol–water partition coefficient (Wildman–Crippen LogP) is -0.223. The third kappa shape index (κ3) is 6.00. The Morgan fingerprint density at radius 3 is 2.41 bits per heavy atom. The minimum atomic E-state index is 0.106. The average Bonchev–Trinajstić information content (AvgIpc) is 2.36. The molecule has 1 heterocycles. The number of nitrogens with zero attached hydrogens (tertiary/aromatic N) is 2. The molecule has 0 unspecified atom stereocenters. The molecule has 0 saturated carbocycles. The second kappa shape index (κ2) is 8.44. The van der Waals surface area contributed by atoms with Crippen molar-refractivity contribution in [3.05, 3.63) is 0 Å². The molecular weight excluding hydrogens is 218 g/mol. The van der Waals surface area contributed by atoms with Crippen molar-refractivity contribution in [2.75, 3.05) is 59.0 Å². The highest BCUT2D eigenvalue weighted by atomic mass is 16.5. The van der Waals surface area contributed by atoms with Crippen molar-refractivity contribution in [3.63, 3.8) is 0 Å². The molecule has 5 nitrogen and oxygen atoms in total. The standard InChI is InChI=1S/C12H25N3O2/c1-3-14-6-8-15(9-7-14)11-12(16)13-5-10-17-4-2/h3-11H2,1-2H3,(H,13,16). The number of ether oxygens (including phenoxy) is 1. The minimum Gasteiger partial charge on any atom is -0.380 e. The van der Waals surface area contributed by atoms with Crippen LogP contribution >= 0.6 is 0 Å². The number of likely N-dealkylation sites (N-methyl/N-ethyl adjacent to an activating group) is 1. The highest BCUT2D eigenvalue weighted by Gasteiger charge is 2.17. The lowest BCUT2D eigenvalue weighted by Gasteiger charge is -2.33. The zero-order valence-electron chi connectivity index (χ0n) is 11.1. The molecule has 0 aromatic heterocycles. The summed E-state index contributed by atoms with van der Waals surface area (Å²) in [7, 11) is 0. The average molecular weight is 243 g/mol. The van der Waals surface area contributed by atoms with Crippen LogP contribution in [0.2, 0.25) is 0 Å². The van der Waals surface area contributed by atoms with Gasteiger partial charge in [0.2, 0.25) is 5.91 Å². The van der Waals surface area contributed by atoms with Crippen LogP contribution in [0.15, 0.2) is 0 Å². The van der Waals surface area contributed by atoms with Gasteiger partial charge in [0.05, 0.1) is 13.2 Å². The van der Waals surface area contributed by atoms with E-state index in [-0.39, 0.29) is 5.91 Å². The van der Waals surface area contributed by atoms with Crippen LogP contribution in [0.3, 0.4) is 0 Å². The van der Waals surface area contributed by atoms with E-state index in [4.69, 9.17) is 4.74 Å². The summed E-state index contributed by atoms with van der Waals surface area (Å²) in [5.74, 6) is 0.106. The van der Waals surface area contributed by atoms with Gasteiger partial charge in [-0.3, -0.25) is 9.69 Å². The second-order valence-electron chi connectivity index (χ2n) is 4.26. The summed E-state index contributed by atoms with van der Waals surface area (Å²) in [6.07, 6.45) is 0. The molecule has 1 fully saturated rings. The maximum absolute atomic E-state index is 11.6. The summed E-state index contributed by atoms with van der Waals surface area (Å²) in [6.45, 7) is 11.8.